The lowest BCUT2D eigenvalue weighted by molar-refractivity contribution is -0.301. The van der Waals surface area contributed by atoms with Gasteiger partial charge in [-0.3, -0.25) is 14.4 Å². The van der Waals surface area contributed by atoms with Crippen molar-refractivity contribution in [1.82, 2.24) is 0 Å². The van der Waals surface area contributed by atoms with Gasteiger partial charge in [0.15, 0.2) is 24.6 Å². The zero-order valence-corrected chi connectivity index (χ0v) is 52.9. The van der Waals surface area contributed by atoms with Crippen molar-refractivity contribution in [2.45, 2.75) is 340 Å². The topological polar surface area (TPSA) is 175 Å². The molecule has 0 aromatic rings. The summed E-state index contributed by atoms with van der Waals surface area (Å²) in [4.78, 5) is 51.4. The molecular weight excluding hydrogens is 1040 g/mol. The molecule has 12 heteroatoms. The average molecular weight is 1170 g/mol. The van der Waals surface area contributed by atoms with Gasteiger partial charge in [0.2, 0.25) is 0 Å². The largest absolute Gasteiger partial charge is 0.479 e. The van der Waals surface area contributed by atoms with Crippen molar-refractivity contribution < 1.29 is 58.2 Å². The van der Waals surface area contributed by atoms with Crippen molar-refractivity contribution >= 4 is 23.9 Å². The van der Waals surface area contributed by atoms with Gasteiger partial charge in [0.05, 0.1) is 6.61 Å². The molecule has 1 aliphatic rings. The van der Waals surface area contributed by atoms with E-state index in [9.17, 15) is 34.5 Å². The van der Waals surface area contributed by atoms with Gasteiger partial charge in [-0.2, -0.15) is 0 Å². The lowest BCUT2D eigenvalue weighted by Gasteiger charge is -2.40. The molecule has 6 atom stereocenters. The van der Waals surface area contributed by atoms with Crippen molar-refractivity contribution in [3.63, 3.8) is 0 Å². The number of allylic oxidation sites excluding steroid dienone is 12. The second kappa shape index (κ2) is 58.5. The Morgan fingerprint density at radius 2 is 0.759 bits per heavy atom. The van der Waals surface area contributed by atoms with Crippen LogP contribution in [0.2, 0.25) is 0 Å². The highest BCUT2D eigenvalue weighted by Gasteiger charge is 2.50. The molecule has 478 valence electrons. The number of rotatable bonds is 58. The van der Waals surface area contributed by atoms with Crippen LogP contribution in [0, 0.1) is 0 Å². The molecule has 0 aliphatic carbocycles. The molecular formula is C71H122O12. The Hall–Kier alpha value is -3.84. The van der Waals surface area contributed by atoms with E-state index in [1.807, 2.05) is 0 Å². The van der Waals surface area contributed by atoms with Crippen LogP contribution in [0.1, 0.15) is 303 Å². The number of aliphatic carboxylic acids is 1. The van der Waals surface area contributed by atoms with Crippen molar-refractivity contribution in [3.05, 3.63) is 72.9 Å². The Kier molecular flexibility index (Phi) is 54.4. The number of esters is 3. The first-order valence-corrected chi connectivity index (χ1v) is 33.9. The van der Waals surface area contributed by atoms with Gasteiger partial charge in [-0.25, -0.2) is 4.79 Å². The fraction of sp³-hybridized carbons (Fsp3) is 0.775. The van der Waals surface area contributed by atoms with Crippen LogP contribution in [0.5, 0.6) is 0 Å². The van der Waals surface area contributed by atoms with Gasteiger partial charge in [0.25, 0.3) is 0 Å². The van der Waals surface area contributed by atoms with E-state index in [0.717, 1.165) is 109 Å². The van der Waals surface area contributed by atoms with E-state index in [2.05, 4.69) is 93.7 Å². The molecule has 83 heavy (non-hydrogen) atoms. The summed E-state index contributed by atoms with van der Waals surface area (Å²) in [6, 6.07) is 0. The molecule has 6 unspecified atom stereocenters. The van der Waals surface area contributed by atoms with Gasteiger partial charge < -0.3 is 39.0 Å². The lowest BCUT2D eigenvalue weighted by atomic mass is 9.98. The van der Waals surface area contributed by atoms with Gasteiger partial charge in [-0.15, -0.1) is 0 Å². The molecule has 0 amide bonds. The summed E-state index contributed by atoms with van der Waals surface area (Å²) >= 11 is 0. The SMILES string of the molecule is CC/C=C\C/C=C\C/C=C\CCCCCCCC(=O)OC(COC(=O)CCCCCCCCCCC/C=C\CCCCCCCC)COC1OC(C(=O)O)C(O)C(O)C1OC(=O)CCCCCCCCCCC/C=C\C/C=C\CCCCC. The number of hydrogen-bond donors (Lipinski definition) is 3. The van der Waals surface area contributed by atoms with Crippen molar-refractivity contribution in [1.29, 1.82) is 0 Å². The highest BCUT2D eigenvalue weighted by Crippen LogP contribution is 2.27. The predicted molar refractivity (Wildman–Crippen MR) is 340 cm³/mol. The Labute approximate surface area is 506 Å². The predicted octanol–water partition coefficient (Wildman–Crippen LogP) is 18.5. The third-order valence-corrected chi connectivity index (χ3v) is 15.2. The Balaban J connectivity index is 2.64. The molecule has 0 saturated carbocycles. The van der Waals surface area contributed by atoms with Crippen LogP contribution in [-0.2, 0) is 42.9 Å². The second-order valence-electron chi connectivity index (χ2n) is 23.1. The van der Waals surface area contributed by atoms with Crippen molar-refractivity contribution in [2.24, 2.45) is 0 Å². The van der Waals surface area contributed by atoms with E-state index in [0.29, 0.717) is 19.3 Å². The molecule has 1 aliphatic heterocycles. The zero-order valence-electron chi connectivity index (χ0n) is 52.9. The first-order chi connectivity index (χ1) is 40.6. The smallest absolute Gasteiger partial charge is 0.335 e. The fourth-order valence-corrected chi connectivity index (χ4v) is 10.1. The summed E-state index contributed by atoms with van der Waals surface area (Å²) in [5.74, 6) is -3.13. The Morgan fingerprint density at radius 1 is 0.410 bits per heavy atom. The van der Waals surface area contributed by atoms with Gasteiger partial charge in [-0.1, -0.05) is 248 Å². The number of carboxylic acids is 1. The van der Waals surface area contributed by atoms with Crippen LogP contribution in [0.15, 0.2) is 72.9 Å². The van der Waals surface area contributed by atoms with Crippen molar-refractivity contribution in [3.8, 4) is 0 Å². The van der Waals surface area contributed by atoms with Crippen LogP contribution in [0.25, 0.3) is 0 Å². The molecule has 0 bridgehead atoms. The van der Waals surface area contributed by atoms with Crippen molar-refractivity contribution in [2.75, 3.05) is 13.2 Å². The highest BCUT2D eigenvalue weighted by molar-refractivity contribution is 5.74. The quantitative estimate of drug-likeness (QED) is 0.0228. The minimum Gasteiger partial charge on any atom is -0.479 e. The van der Waals surface area contributed by atoms with Crippen LogP contribution >= 0.6 is 0 Å². The van der Waals surface area contributed by atoms with E-state index in [4.69, 9.17) is 23.7 Å². The van der Waals surface area contributed by atoms with Gasteiger partial charge >= 0.3 is 23.9 Å². The second-order valence-corrected chi connectivity index (χ2v) is 23.1. The van der Waals surface area contributed by atoms with Gasteiger partial charge in [0.1, 0.15) is 18.8 Å². The maximum absolute atomic E-state index is 13.2. The monoisotopic (exact) mass is 1170 g/mol. The maximum Gasteiger partial charge on any atom is 0.335 e. The molecule has 0 aromatic carbocycles. The van der Waals surface area contributed by atoms with Gasteiger partial charge in [0, 0.05) is 19.3 Å². The highest BCUT2D eigenvalue weighted by atomic mass is 16.7. The zero-order chi connectivity index (χ0) is 60.3. The summed E-state index contributed by atoms with van der Waals surface area (Å²) in [7, 11) is 0. The Bertz CT molecular complexity index is 1720. The summed E-state index contributed by atoms with van der Waals surface area (Å²) < 4.78 is 28.6. The van der Waals surface area contributed by atoms with Gasteiger partial charge in [-0.05, 0) is 109 Å². The minimum absolute atomic E-state index is 0.0525. The molecule has 1 heterocycles. The number of carboxylic acid groups (broad SMARTS) is 1. The van der Waals surface area contributed by atoms with E-state index < -0.39 is 67.3 Å². The summed E-state index contributed by atoms with van der Waals surface area (Å²) in [5, 5.41) is 31.6. The summed E-state index contributed by atoms with van der Waals surface area (Å²) in [6.07, 6.45) is 62.8. The molecule has 1 saturated heterocycles. The number of unbranched alkanes of at least 4 members (excludes halogenated alkanes) is 32. The van der Waals surface area contributed by atoms with E-state index in [1.54, 1.807) is 0 Å². The average Bonchev–Trinajstić information content (AvgIpc) is 3.60. The fourth-order valence-electron chi connectivity index (χ4n) is 10.1. The molecule has 1 rings (SSSR count). The number of carbonyl (C=O) groups is 4. The standard InChI is InChI=1S/C71H122O12/c1-4-7-10-13-16-19-22-25-28-30-32-34-37-39-42-45-48-51-54-57-63(72)79-60-62(81-64(73)58-55-52-49-46-43-40-36-27-24-21-18-15-12-9-6-3)61-80-71-69(67(76)66(75)68(83-71)70(77)78)82-65(74)59-56-53-50-47-44-41-38-35-33-31-29-26-23-20-17-14-11-8-5-2/h9,12,17-18,20-21,25-29,36,62,66-69,71,75-76H,4-8,10-11,13-16,19,22-24,30-35,37-61H2,1-3H3,(H,77,78)/b12-9-,20-17-,21-18-,28-25-,29-26-,36-27-. The summed E-state index contributed by atoms with van der Waals surface area (Å²) in [6.45, 7) is 5.88. The van der Waals surface area contributed by atoms with E-state index >= 15 is 0 Å². The maximum atomic E-state index is 13.2. The molecule has 1 fully saturated rings. The number of carbonyl (C=O) groups excluding carboxylic acids is 3. The normalized spacial score (nSPS) is 18.0. The minimum atomic E-state index is -1.91. The lowest BCUT2D eigenvalue weighted by Crippen LogP contribution is -2.61. The van der Waals surface area contributed by atoms with Crippen LogP contribution in [0.3, 0.4) is 0 Å². The number of ether oxygens (including phenoxy) is 5. The molecule has 0 aromatic heterocycles. The molecule has 0 radical (unpaired) electrons. The molecule has 0 spiro atoms. The van der Waals surface area contributed by atoms with Crippen LogP contribution in [-0.4, -0.2) is 89.2 Å². The van der Waals surface area contributed by atoms with E-state index in [-0.39, 0.29) is 25.9 Å². The number of aliphatic hydroxyl groups is 2. The molecule has 3 N–H and O–H groups in total. The third kappa shape index (κ3) is 48.0. The Morgan fingerprint density at radius 3 is 1.19 bits per heavy atom. The first-order valence-electron chi connectivity index (χ1n) is 33.9. The molecule has 12 nitrogen and oxygen atoms in total. The van der Waals surface area contributed by atoms with E-state index in [1.165, 1.54) is 135 Å². The first kappa shape index (κ1) is 77.2. The van der Waals surface area contributed by atoms with Crippen LogP contribution < -0.4 is 0 Å². The number of hydrogen-bond acceptors (Lipinski definition) is 11. The van der Waals surface area contributed by atoms with Crippen LogP contribution in [0.4, 0.5) is 0 Å². The third-order valence-electron chi connectivity index (χ3n) is 15.2. The number of aliphatic hydroxyl groups excluding tert-OH is 2. The summed E-state index contributed by atoms with van der Waals surface area (Å²) in [5.41, 5.74) is 0.